The fourth-order valence-corrected chi connectivity index (χ4v) is 4.45. The van der Waals surface area contributed by atoms with Crippen LogP contribution in [0.25, 0.3) is 39.1 Å². The van der Waals surface area contributed by atoms with Crippen LogP contribution in [0.5, 0.6) is 0 Å². The number of hydrogen-bond donors (Lipinski definition) is 1. The van der Waals surface area contributed by atoms with Gasteiger partial charge in [0.2, 0.25) is 0 Å². The second-order valence-electron chi connectivity index (χ2n) is 7.99. The largest absolute Gasteiger partial charge is 0.355 e. The average molecular weight is 412 g/mol. The van der Waals surface area contributed by atoms with Crippen molar-refractivity contribution in [3.05, 3.63) is 127 Å². The third-order valence-corrected chi connectivity index (χ3v) is 5.98. The average Bonchev–Trinajstić information content (AvgIpc) is 2.84. The van der Waals surface area contributed by atoms with Gasteiger partial charge in [0.1, 0.15) is 0 Å². The number of para-hydroxylation sites is 2. The number of fused-ring (bicyclic) bond motifs is 1. The summed E-state index contributed by atoms with van der Waals surface area (Å²) >= 11 is 0. The van der Waals surface area contributed by atoms with E-state index in [1.807, 2.05) is 12.1 Å². The van der Waals surface area contributed by atoms with Crippen LogP contribution in [0, 0.1) is 6.92 Å². The van der Waals surface area contributed by atoms with Gasteiger partial charge >= 0.3 is 0 Å². The van der Waals surface area contributed by atoms with Crippen molar-refractivity contribution in [2.24, 2.45) is 0 Å². The lowest BCUT2D eigenvalue weighted by Gasteiger charge is -2.21. The SMILES string of the molecule is C=Cc1c(-c2ccccc2C)c(-c2ccccc2Nc2ccccc2)cc2ccccc12. The molecule has 1 heteroatoms. The lowest BCUT2D eigenvalue weighted by Crippen LogP contribution is -1.97. The molecule has 1 nitrogen and oxygen atoms in total. The van der Waals surface area contributed by atoms with Crippen molar-refractivity contribution < 1.29 is 0 Å². The molecule has 0 aliphatic heterocycles. The summed E-state index contributed by atoms with van der Waals surface area (Å²) < 4.78 is 0. The van der Waals surface area contributed by atoms with Gasteiger partial charge in [-0.2, -0.15) is 0 Å². The summed E-state index contributed by atoms with van der Waals surface area (Å²) in [7, 11) is 0. The maximum atomic E-state index is 4.21. The van der Waals surface area contributed by atoms with Crippen LogP contribution in [-0.4, -0.2) is 0 Å². The molecule has 5 rings (SSSR count). The third kappa shape index (κ3) is 3.59. The van der Waals surface area contributed by atoms with Gasteiger partial charge in [0.05, 0.1) is 0 Å². The molecule has 0 unspecified atom stereocenters. The maximum absolute atomic E-state index is 4.21. The van der Waals surface area contributed by atoms with Crippen molar-refractivity contribution in [1.29, 1.82) is 0 Å². The van der Waals surface area contributed by atoms with E-state index in [1.165, 1.54) is 44.2 Å². The molecule has 0 aromatic heterocycles. The van der Waals surface area contributed by atoms with Crippen LogP contribution < -0.4 is 5.32 Å². The summed E-state index contributed by atoms with van der Waals surface area (Å²) in [6.45, 7) is 6.38. The molecular formula is C31H25N. The number of nitrogens with one attached hydrogen (secondary N) is 1. The van der Waals surface area contributed by atoms with E-state index in [2.05, 4.69) is 122 Å². The van der Waals surface area contributed by atoms with Crippen molar-refractivity contribution in [2.45, 2.75) is 6.92 Å². The Kier molecular flexibility index (Phi) is 5.31. The zero-order chi connectivity index (χ0) is 21.9. The van der Waals surface area contributed by atoms with Gasteiger partial charge < -0.3 is 5.32 Å². The van der Waals surface area contributed by atoms with Gasteiger partial charge in [-0.3, -0.25) is 0 Å². The molecule has 0 fully saturated rings. The molecule has 0 saturated heterocycles. The van der Waals surface area contributed by atoms with Gasteiger partial charge in [-0.05, 0) is 69.8 Å². The summed E-state index contributed by atoms with van der Waals surface area (Å²) in [5, 5.41) is 6.06. The highest BCUT2D eigenvalue weighted by molar-refractivity contribution is 6.06. The first-order valence-corrected chi connectivity index (χ1v) is 10.9. The minimum atomic E-state index is 1.07. The minimum Gasteiger partial charge on any atom is -0.355 e. The molecule has 1 N–H and O–H groups in total. The van der Waals surface area contributed by atoms with Crippen molar-refractivity contribution in [2.75, 3.05) is 5.32 Å². The number of benzene rings is 5. The van der Waals surface area contributed by atoms with E-state index < -0.39 is 0 Å². The summed E-state index contributed by atoms with van der Waals surface area (Å²) in [6, 6.07) is 38.3. The molecule has 0 heterocycles. The first-order chi connectivity index (χ1) is 15.8. The van der Waals surface area contributed by atoms with Crippen LogP contribution in [0.2, 0.25) is 0 Å². The number of anilines is 2. The molecule has 0 saturated carbocycles. The van der Waals surface area contributed by atoms with Gasteiger partial charge in [0.15, 0.2) is 0 Å². The fraction of sp³-hybridized carbons (Fsp3) is 0.0323. The van der Waals surface area contributed by atoms with Crippen molar-refractivity contribution in [1.82, 2.24) is 0 Å². The van der Waals surface area contributed by atoms with Gasteiger partial charge in [-0.1, -0.05) is 97.6 Å². The molecule has 0 amide bonds. The van der Waals surface area contributed by atoms with E-state index >= 15 is 0 Å². The van der Waals surface area contributed by atoms with E-state index in [4.69, 9.17) is 0 Å². The smallest absolute Gasteiger partial charge is 0.0464 e. The van der Waals surface area contributed by atoms with Crippen LogP contribution in [-0.2, 0) is 0 Å². The van der Waals surface area contributed by atoms with E-state index in [0.717, 1.165) is 11.4 Å². The predicted octanol–water partition coefficient (Wildman–Crippen LogP) is 8.87. The molecule has 0 aliphatic carbocycles. The molecular weight excluding hydrogens is 386 g/mol. The van der Waals surface area contributed by atoms with Gasteiger partial charge in [0, 0.05) is 16.9 Å². The first kappa shape index (κ1) is 19.8. The Bertz CT molecular complexity index is 1410. The Morgan fingerprint density at radius 3 is 2.09 bits per heavy atom. The molecule has 5 aromatic rings. The van der Waals surface area contributed by atoms with E-state index in [0.29, 0.717) is 0 Å². The Hall–Kier alpha value is -4.10. The third-order valence-electron chi connectivity index (χ3n) is 5.98. The number of hydrogen-bond acceptors (Lipinski definition) is 1. The molecule has 0 bridgehead atoms. The summed E-state index contributed by atoms with van der Waals surface area (Å²) in [5.74, 6) is 0. The predicted molar refractivity (Wildman–Crippen MR) is 139 cm³/mol. The normalized spacial score (nSPS) is 10.8. The van der Waals surface area contributed by atoms with E-state index in [9.17, 15) is 0 Å². The van der Waals surface area contributed by atoms with Crippen LogP contribution in [0.3, 0.4) is 0 Å². The Morgan fingerprint density at radius 1 is 0.656 bits per heavy atom. The van der Waals surface area contributed by atoms with E-state index in [1.54, 1.807) is 0 Å². The lowest BCUT2D eigenvalue weighted by atomic mass is 9.85. The Morgan fingerprint density at radius 2 is 1.31 bits per heavy atom. The molecule has 5 aromatic carbocycles. The van der Waals surface area contributed by atoms with Crippen LogP contribution in [0.4, 0.5) is 11.4 Å². The second-order valence-corrected chi connectivity index (χ2v) is 7.99. The standard InChI is InChI=1S/C31H25N/c1-3-25-27-18-10-8-14-23(27)21-29(31(25)26-17-9-7-13-22(26)2)28-19-11-12-20-30(28)32-24-15-5-4-6-16-24/h3-21,32H,1H2,2H3. The molecule has 0 radical (unpaired) electrons. The quantitative estimate of drug-likeness (QED) is 0.304. The van der Waals surface area contributed by atoms with Crippen LogP contribution >= 0.6 is 0 Å². The topological polar surface area (TPSA) is 12.0 Å². The van der Waals surface area contributed by atoms with Crippen molar-refractivity contribution >= 4 is 28.2 Å². The molecule has 0 aliphatic rings. The highest BCUT2D eigenvalue weighted by Crippen LogP contribution is 2.43. The molecule has 0 spiro atoms. The van der Waals surface area contributed by atoms with Gasteiger partial charge in [0.25, 0.3) is 0 Å². The monoisotopic (exact) mass is 411 g/mol. The number of rotatable bonds is 5. The van der Waals surface area contributed by atoms with E-state index in [-0.39, 0.29) is 0 Å². The first-order valence-electron chi connectivity index (χ1n) is 10.9. The Balaban J connectivity index is 1.83. The molecule has 154 valence electrons. The molecule has 0 atom stereocenters. The van der Waals surface area contributed by atoms with Crippen LogP contribution in [0.15, 0.2) is 116 Å². The van der Waals surface area contributed by atoms with Crippen molar-refractivity contribution in [3.8, 4) is 22.3 Å². The number of aryl methyl sites for hydroxylation is 1. The summed E-state index contributed by atoms with van der Waals surface area (Å²) in [5.41, 5.74) is 9.40. The van der Waals surface area contributed by atoms with Gasteiger partial charge in [-0.15, -0.1) is 0 Å². The van der Waals surface area contributed by atoms with Crippen molar-refractivity contribution in [3.63, 3.8) is 0 Å². The second kappa shape index (κ2) is 8.56. The minimum absolute atomic E-state index is 1.07. The van der Waals surface area contributed by atoms with Crippen LogP contribution in [0.1, 0.15) is 11.1 Å². The highest BCUT2D eigenvalue weighted by Gasteiger charge is 2.18. The Labute approximate surface area is 189 Å². The zero-order valence-electron chi connectivity index (χ0n) is 18.2. The zero-order valence-corrected chi connectivity index (χ0v) is 18.2. The highest BCUT2D eigenvalue weighted by atomic mass is 14.9. The summed E-state index contributed by atoms with van der Waals surface area (Å²) in [6.07, 6.45) is 2.00. The molecule has 32 heavy (non-hydrogen) atoms. The fourth-order valence-electron chi connectivity index (χ4n) is 4.45. The lowest BCUT2D eigenvalue weighted by molar-refractivity contribution is 1.45. The maximum Gasteiger partial charge on any atom is 0.0464 e. The summed E-state index contributed by atoms with van der Waals surface area (Å²) in [4.78, 5) is 0. The van der Waals surface area contributed by atoms with Gasteiger partial charge in [-0.25, -0.2) is 0 Å².